The van der Waals surface area contributed by atoms with E-state index in [1.807, 2.05) is 0 Å². The van der Waals surface area contributed by atoms with Crippen molar-refractivity contribution in [1.29, 1.82) is 0 Å². The fourth-order valence-electron chi connectivity index (χ4n) is 3.22. The number of nitrogens with two attached hydrogens (primary N) is 1. The van der Waals surface area contributed by atoms with Gasteiger partial charge in [0, 0.05) is 12.0 Å². The van der Waals surface area contributed by atoms with Gasteiger partial charge in [-0.2, -0.15) is 0 Å². The molecule has 0 bridgehead atoms. The molecule has 1 saturated heterocycles. The number of aryl methyl sites for hydroxylation is 2. The lowest BCUT2D eigenvalue weighted by atomic mass is 9.88. The van der Waals surface area contributed by atoms with Crippen LogP contribution >= 0.6 is 0 Å². The van der Waals surface area contributed by atoms with Crippen LogP contribution in [-0.4, -0.2) is 19.8 Å². The van der Waals surface area contributed by atoms with Gasteiger partial charge >= 0.3 is 0 Å². The molecule has 3 heteroatoms. The SMILES string of the molecule is NCCCC1(c2ccc3c(c2)CCCC3)OCCO1. The highest BCUT2D eigenvalue weighted by Gasteiger charge is 2.38. The van der Waals surface area contributed by atoms with Gasteiger partial charge in [-0.05, 0) is 49.8 Å². The van der Waals surface area contributed by atoms with Gasteiger partial charge in [0.15, 0.2) is 5.79 Å². The molecule has 1 fully saturated rings. The number of benzene rings is 1. The zero-order chi connectivity index (χ0) is 13.1. The number of rotatable bonds is 4. The topological polar surface area (TPSA) is 44.5 Å². The van der Waals surface area contributed by atoms with E-state index in [1.165, 1.54) is 42.4 Å². The van der Waals surface area contributed by atoms with E-state index in [4.69, 9.17) is 15.2 Å². The summed E-state index contributed by atoms with van der Waals surface area (Å²) in [5.41, 5.74) is 9.81. The third kappa shape index (κ3) is 2.55. The Morgan fingerprint density at radius 1 is 1.05 bits per heavy atom. The Morgan fingerprint density at radius 2 is 1.79 bits per heavy atom. The summed E-state index contributed by atoms with van der Waals surface area (Å²) in [6.45, 7) is 2.04. The Hall–Kier alpha value is -0.900. The van der Waals surface area contributed by atoms with E-state index < -0.39 is 5.79 Å². The van der Waals surface area contributed by atoms with Gasteiger partial charge in [-0.3, -0.25) is 0 Å². The molecule has 0 aromatic heterocycles. The molecule has 1 aliphatic heterocycles. The Morgan fingerprint density at radius 3 is 2.53 bits per heavy atom. The third-order valence-corrected chi connectivity index (χ3v) is 4.25. The van der Waals surface area contributed by atoms with Crippen LogP contribution in [0.2, 0.25) is 0 Å². The number of fused-ring (bicyclic) bond motifs is 1. The van der Waals surface area contributed by atoms with Crippen LogP contribution < -0.4 is 5.73 Å². The summed E-state index contributed by atoms with van der Waals surface area (Å²) in [5, 5.41) is 0. The third-order valence-electron chi connectivity index (χ3n) is 4.25. The van der Waals surface area contributed by atoms with Crippen molar-refractivity contribution in [2.75, 3.05) is 19.8 Å². The molecule has 2 N–H and O–H groups in total. The van der Waals surface area contributed by atoms with Crippen LogP contribution in [0.15, 0.2) is 18.2 Å². The summed E-state index contributed by atoms with van der Waals surface area (Å²) in [6, 6.07) is 6.75. The maximum atomic E-state index is 5.94. The minimum absolute atomic E-state index is 0.536. The molecular formula is C16H23NO2. The van der Waals surface area contributed by atoms with E-state index in [-0.39, 0.29) is 0 Å². The minimum Gasteiger partial charge on any atom is -0.343 e. The zero-order valence-corrected chi connectivity index (χ0v) is 11.5. The summed E-state index contributed by atoms with van der Waals surface area (Å²) in [7, 11) is 0. The lowest BCUT2D eigenvalue weighted by Gasteiger charge is -2.29. The average Bonchev–Trinajstić information content (AvgIpc) is 2.95. The normalized spacial score (nSPS) is 21.3. The molecule has 0 amide bonds. The highest BCUT2D eigenvalue weighted by molar-refractivity contribution is 5.36. The average molecular weight is 261 g/mol. The Balaban J connectivity index is 1.89. The van der Waals surface area contributed by atoms with Crippen molar-refractivity contribution >= 4 is 0 Å². The standard InChI is InChI=1S/C16H23NO2/c17-9-3-8-16(18-10-11-19-16)15-7-6-13-4-1-2-5-14(13)12-15/h6-7,12H,1-5,8-11,17H2. The van der Waals surface area contributed by atoms with Crippen LogP contribution in [-0.2, 0) is 28.1 Å². The molecule has 3 nitrogen and oxygen atoms in total. The zero-order valence-electron chi connectivity index (χ0n) is 11.5. The highest BCUT2D eigenvalue weighted by atomic mass is 16.7. The first kappa shape index (κ1) is 13.1. The van der Waals surface area contributed by atoms with Gasteiger partial charge in [-0.15, -0.1) is 0 Å². The lowest BCUT2D eigenvalue weighted by Crippen LogP contribution is -2.28. The van der Waals surface area contributed by atoms with Gasteiger partial charge in [0.05, 0.1) is 13.2 Å². The van der Waals surface area contributed by atoms with Gasteiger partial charge in [0.1, 0.15) is 0 Å². The van der Waals surface area contributed by atoms with Crippen LogP contribution in [0.5, 0.6) is 0 Å². The maximum absolute atomic E-state index is 5.94. The number of ether oxygens (including phenoxy) is 2. The molecule has 0 unspecified atom stereocenters. The summed E-state index contributed by atoms with van der Waals surface area (Å²) < 4.78 is 11.9. The second-order valence-electron chi connectivity index (χ2n) is 5.53. The molecule has 1 aromatic carbocycles. The maximum Gasteiger partial charge on any atom is 0.195 e. The van der Waals surface area contributed by atoms with Crippen LogP contribution in [0.4, 0.5) is 0 Å². The first-order valence-corrected chi connectivity index (χ1v) is 7.44. The van der Waals surface area contributed by atoms with Crippen molar-refractivity contribution in [3.63, 3.8) is 0 Å². The molecule has 1 aliphatic carbocycles. The van der Waals surface area contributed by atoms with E-state index in [0.29, 0.717) is 19.8 Å². The number of hydrogen-bond donors (Lipinski definition) is 1. The van der Waals surface area contributed by atoms with Gasteiger partial charge in [0.25, 0.3) is 0 Å². The van der Waals surface area contributed by atoms with Gasteiger partial charge < -0.3 is 15.2 Å². The molecule has 0 spiro atoms. The van der Waals surface area contributed by atoms with Crippen molar-refractivity contribution < 1.29 is 9.47 Å². The molecule has 2 aliphatic rings. The van der Waals surface area contributed by atoms with E-state index >= 15 is 0 Å². The Kier molecular flexibility index (Phi) is 3.87. The predicted octanol–water partition coefficient (Wildman–Crippen LogP) is 2.50. The van der Waals surface area contributed by atoms with E-state index in [1.54, 1.807) is 0 Å². The second-order valence-corrected chi connectivity index (χ2v) is 5.53. The van der Waals surface area contributed by atoms with E-state index in [0.717, 1.165) is 12.8 Å². The first-order valence-electron chi connectivity index (χ1n) is 7.44. The smallest absolute Gasteiger partial charge is 0.195 e. The molecular weight excluding hydrogens is 238 g/mol. The summed E-state index contributed by atoms with van der Waals surface area (Å²) in [4.78, 5) is 0. The second kappa shape index (κ2) is 5.61. The molecule has 1 aromatic rings. The molecule has 3 rings (SSSR count). The largest absolute Gasteiger partial charge is 0.343 e. The quantitative estimate of drug-likeness (QED) is 0.905. The van der Waals surface area contributed by atoms with Crippen LogP contribution in [0.25, 0.3) is 0 Å². The summed E-state index contributed by atoms with van der Waals surface area (Å²) in [5.74, 6) is -0.536. The first-order chi connectivity index (χ1) is 9.34. The summed E-state index contributed by atoms with van der Waals surface area (Å²) >= 11 is 0. The number of hydrogen-bond acceptors (Lipinski definition) is 3. The Labute approximate surface area is 115 Å². The Bertz CT molecular complexity index is 438. The lowest BCUT2D eigenvalue weighted by molar-refractivity contribution is -0.171. The van der Waals surface area contributed by atoms with Gasteiger partial charge in [-0.1, -0.05) is 18.2 Å². The van der Waals surface area contributed by atoms with Crippen molar-refractivity contribution in [2.45, 2.75) is 44.3 Å². The van der Waals surface area contributed by atoms with Crippen molar-refractivity contribution in [3.05, 3.63) is 34.9 Å². The molecule has 0 saturated carbocycles. The fourth-order valence-corrected chi connectivity index (χ4v) is 3.22. The predicted molar refractivity (Wildman–Crippen MR) is 75.0 cm³/mol. The monoisotopic (exact) mass is 261 g/mol. The fraction of sp³-hybridized carbons (Fsp3) is 0.625. The van der Waals surface area contributed by atoms with Crippen LogP contribution in [0, 0.1) is 0 Å². The molecule has 19 heavy (non-hydrogen) atoms. The summed E-state index contributed by atoms with van der Waals surface area (Å²) in [6.07, 6.45) is 6.80. The molecule has 0 atom stereocenters. The van der Waals surface area contributed by atoms with Crippen molar-refractivity contribution in [3.8, 4) is 0 Å². The van der Waals surface area contributed by atoms with Crippen LogP contribution in [0.3, 0.4) is 0 Å². The highest BCUT2D eigenvalue weighted by Crippen LogP contribution is 2.37. The van der Waals surface area contributed by atoms with Crippen LogP contribution in [0.1, 0.15) is 42.4 Å². The van der Waals surface area contributed by atoms with Crippen molar-refractivity contribution in [2.24, 2.45) is 5.73 Å². The van der Waals surface area contributed by atoms with E-state index in [9.17, 15) is 0 Å². The molecule has 104 valence electrons. The van der Waals surface area contributed by atoms with Gasteiger partial charge in [0.2, 0.25) is 0 Å². The minimum atomic E-state index is -0.536. The molecule has 1 heterocycles. The molecule has 0 radical (unpaired) electrons. The van der Waals surface area contributed by atoms with Crippen molar-refractivity contribution in [1.82, 2.24) is 0 Å². The van der Waals surface area contributed by atoms with E-state index in [2.05, 4.69) is 18.2 Å². The van der Waals surface area contributed by atoms with Gasteiger partial charge in [-0.25, -0.2) is 0 Å².